The van der Waals surface area contributed by atoms with Crippen molar-refractivity contribution in [2.24, 2.45) is 0 Å². The lowest BCUT2D eigenvalue weighted by Gasteiger charge is -2.21. The predicted octanol–water partition coefficient (Wildman–Crippen LogP) is 7.00. The smallest absolute Gasteiger partial charge is 0.407 e. The second-order valence-corrected chi connectivity index (χ2v) is 14.5. The summed E-state index contributed by atoms with van der Waals surface area (Å²) >= 11 is 1.56. The number of ether oxygens (including phenoxy) is 3. The summed E-state index contributed by atoms with van der Waals surface area (Å²) in [6, 6.07) is 15.7. The van der Waals surface area contributed by atoms with Gasteiger partial charge in [-0.2, -0.15) is 0 Å². The van der Waals surface area contributed by atoms with Crippen molar-refractivity contribution in [3.63, 3.8) is 0 Å². The van der Waals surface area contributed by atoms with Crippen LogP contribution in [0.25, 0.3) is 21.6 Å². The second kappa shape index (κ2) is 14.1. The average molecular weight is 685 g/mol. The number of carbonyl (C=O) groups is 4. The van der Waals surface area contributed by atoms with Gasteiger partial charge in [-0.3, -0.25) is 9.59 Å². The van der Waals surface area contributed by atoms with Crippen LogP contribution < -0.4 is 20.7 Å². The van der Waals surface area contributed by atoms with Gasteiger partial charge in [0.25, 0.3) is 11.8 Å². The highest BCUT2D eigenvalue weighted by Crippen LogP contribution is 2.43. The maximum absolute atomic E-state index is 14.1. The van der Waals surface area contributed by atoms with E-state index in [4.69, 9.17) is 14.2 Å². The van der Waals surface area contributed by atoms with Crippen LogP contribution >= 0.6 is 11.3 Å². The number of nitrogens with one attached hydrogen (secondary N) is 3. The second-order valence-electron chi connectivity index (χ2n) is 13.6. The molecule has 0 unspecified atom stereocenters. The number of anilines is 1. The highest BCUT2D eigenvalue weighted by molar-refractivity contribution is 7.13. The number of amides is 3. The Bertz CT molecular complexity index is 1900. The number of methoxy groups -OCH3 is 1. The van der Waals surface area contributed by atoms with Gasteiger partial charge in [-0.25, -0.2) is 14.6 Å². The molecule has 3 amide bonds. The van der Waals surface area contributed by atoms with Crippen LogP contribution in [0.4, 0.5) is 10.5 Å². The summed E-state index contributed by atoms with van der Waals surface area (Å²) in [5.74, 6) is -1.11. The number of thiophene rings is 1. The summed E-state index contributed by atoms with van der Waals surface area (Å²) in [6.07, 6.45) is 0.175. The maximum Gasteiger partial charge on any atom is 0.407 e. The molecule has 3 heterocycles. The number of aromatic nitrogens is 1. The molecule has 0 fully saturated rings. The zero-order valence-electron chi connectivity index (χ0n) is 28.6. The first-order chi connectivity index (χ1) is 23.1. The van der Waals surface area contributed by atoms with Crippen LogP contribution in [-0.2, 0) is 22.4 Å². The van der Waals surface area contributed by atoms with E-state index in [0.717, 1.165) is 21.6 Å². The first-order valence-electron chi connectivity index (χ1n) is 15.8. The minimum absolute atomic E-state index is 0.0283. The van der Waals surface area contributed by atoms with Gasteiger partial charge in [0.1, 0.15) is 17.0 Å². The topological polar surface area (TPSA) is 145 Å². The number of pyridine rings is 1. The molecule has 0 aliphatic carbocycles. The van der Waals surface area contributed by atoms with E-state index in [0.29, 0.717) is 35.6 Å². The molecule has 0 saturated carbocycles. The molecular formula is C37H40N4O7S. The summed E-state index contributed by atoms with van der Waals surface area (Å²) in [5.41, 5.74) is 2.90. The standard InChI is InChI=1S/C37H40N4O7S/c1-36(2,3)41-33(43)28-13-12-24(30(40-28)34(44)46-7)25-19-29-27(31-22(14-16-47-29)15-17-49-31)18-26(25)32(42)39-23-10-8-21(9-11-23)20-38-35(45)48-37(4,5)6/h8-13,15,17-19H,14,16,20H2,1-7H3,(H,38,45)(H,39,42)(H,41,43). The summed E-state index contributed by atoms with van der Waals surface area (Å²) < 4.78 is 16.5. The van der Waals surface area contributed by atoms with Gasteiger partial charge in [-0.15, -0.1) is 11.3 Å². The zero-order valence-corrected chi connectivity index (χ0v) is 29.4. The molecule has 11 nitrogen and oxygen atoms in total. The Kier molecular flexibility index (Phi) is 10.1. The van der Waals surface area contributed by atoms with E-state index in [1.165, 1.54) is 13.2 Å². The van der Waals surface area contributed by atoms with Crippen molar-refractivity contribution >= 4 is 40.9 Å². The van der Waals surface area contributed by atoms with Gasteiger partial charge in [-0.1, -0.05) is 12.1 Å². The minimum Gasteiger partial charge on any atom is -0.493 e. The van der Waals surface area contributed by atoms with Crippen LogP contribution in [0, 0.1) is 0 Å². The molecule has 0 saturated heterocycles. The summed E-state index contributed by atoms with van der Waals surface area (Å²) in [4.78, 5) is 57.7. The average Bonchev–Trinajstić information content (AvgIpc) is 3.43. The number of rotatable bonds is 7. The Morgan fingerprint density at radius 3 is 2.31 bits per heavy atom. The Morgan fingerprint density at radius 2 is 1.63 bits per heavy atom. The molecule has 2 aromatic heterocycles. The fourth-order valence-electron chi connectivity index (χ4n) is 5.18. The number of nitrogens with zero attached hydrogens (tertiary/aromatic N) is 1. The lowest BCUT2D eigenvalue weighted by molar-refractivity contribution is 0.0521. The number of alkyl carbamates (subject to hydrolysis) is 1. The normalized spacial score (nSPS) is 12.4. The summed E-state index contributed by atoms with van der Waals surface area (Å²) in [5, 5.41) is 10.5. The van der Waals surface area contributed by atoms with E-state index in [1.54, 1.807) is 74.6 Å². The van der Waals surface area contributed by atoms with Crippen LogP contribution in [0.15, 0.2) is 60.0 Å². The number of hydrogen-bond donors (Lipinski definition) is 3. The molecule has 1 aliphatic heterocycles. The zero-order chi connectivity index (χ0) is 35.5. The molecule has 0 spiro atoms. The van der Waals surface area contributed by atoms with Gasteiger partial charge < -0.3 is 30.2 Å². The van der Waals surface area contributed by atoms with Crippen molar-refractivity contribution in [3.05, 3.63) is 88.1 Å². The highest BCUT2D eigenvalue weighted by atomic mass is 32.1. The third-order valence-electron chi connectivity index (χ3n) is 7.32. The summed E-state index contributed by atoms with van der Waals surface area (Å²) in [7, 11) is 1.23. The number of esters is 1. The molecule has 0 radical (unpaired) electrons. The van der Waals surface area contributed by atoms with Gasteiger partial charge in [0.15, 0.2) is 5.69 Å². The van der Waals surface area contributed by atoms with Crippen LogP contribution in [-0.4, -0.2) is 53.7 Å². The molecule has 12 heteroatoms. The number of hydrogen-bond acceptors (Lipinski definition) is 9. The Labute approximate surface area is 289 Å². The van der Waals surface area contributed by atoms with Crippen LogP contribution in [0.1, 0.15) is 84.0 Å². The third kappa shape index (κ3) is 8.63. The quantitative estimate of drug-likeness (QED) is 0.177. The largest absolute Gasteiger partial charge is 0.493 e. The van der Waals surface area contributed by atoms with Gasteiger partial charge >= 0.3 is 12.1 Å². The van der Waals surface area contributed by atoms with E-state index >= 15 is 0 Å². The van der Waals surface area contributed by atoms with E-state index in [1.807, 2.05) is 32.2 Å². The molecular weight excluding hydrogens is 644 g/mol. The molecule has 49 heavy (non-hydrogen) atoms. The van der Waals surface area contributed by atoms with Crippen molar-refractivity contribution in [1.82, 2.24) is 15.6 Å². The Morgan fingerprint density at radius 1 is 0.898 bits per heavy atom. The van der Waals surface area contributed by atoms with E-state index in [2.05, 4.69) is 20.9 Å². The van der Waals surface area contributed by atoms with Crippen LogP contribution in [0.2, 0.25) is 0 Å². The molecule has 1 aliphatic rings. The first kappa shape index (κ1) is 35.1. The van der Waals surface area contributed by atoms with E-state index in [9.17, 15) is 19.2 Å². The summed E-state index contributed by atoms with van der Waals surface area (Å²) in [6.45, 7) is 11.6. The number of benzene rings is 2. The van der Waals surface area contributed by atoms with Gasteiger partial charge in [-0.05, 0) is 101 Å². The van der Waals surface area contributed by atoms with Crippen LogP contribution in [0.5, 0.6) is 5.75 Å². The van der Waals surface area contributed by atoms with Gasteiger partial charge in [0.2, 0.25) is 0 Å². The van der Waals surface area contributed by atoms with Crippen molar-refractivity contribution in [1.29, 1.82) is 0 Å². The lowest BCUT2D eigenvalue weighted by atomic mass is 9.93. The van der Waals surface area contributed by atoms with Crippen LogP contribution in [0.3, 0.4) is 0 Å². The Hall–Kier alpha value is -5.23. The van der Waals surface area contributed by atoms with E-state index < -0.39 is 35.0 Å². The lowest BCUT2D eigenvalue weighted by Crippen LogP contribution is -2.41. The predicted molar refractivity (Wildman–Crippen MR) is 188 cm³/mol. The fourth-order valence-corrected chi connectivity index (χ4v) is 6.16. The van der Waals surface area contributed by atoms with Crippen molar-refractivity contribution in [3.8, 4) is 27.3 Å². The molecule has 5 rings (SSSR count). The SMILES string of the molecule is COC(=O)c1nc(C(=O)NC(C)(C)C)ccc1-c1cc2c(cc1C(=O)Nc1ccc(CNC(=O)OC(C)(C)C)cc1)-c1sccc1CCO2. The maximum atomic E-state index is 14.1. The number of carbonyl (C=O) groups excluding carboxylic acids is 4. The molecule has 0 atom stereocenters. The van der Waals surface area contributed by atoms with Gasteiger partial charge in [0, 0.05) is 51.3 Å². The first-order valence-corrected chi connectivity index (χ1v) is 16.7. The molecule has 0 bridgehead atoms. The third-order valence-corrected chi connectivity index (χ3v) is 8.31. The minimum atomic E-state index is -0.765. The monoisotopic (exact) mass is 684 g/mol. The van der Waals surface area contributed by atoms with E-state index in [-0.39, 0.29) is 23.5 Å². The number of fused-ring (bicyclic) bond motifs is 3. The van der Waals surface area contributed by atoms with Gasteiger partial charge in [0.05, 0.1) is 13.7 Å². The molecule has 3 N–H and O–H groups in total. The molecule has 2 aromatic carbocycles. The fraction of sp³-hybridized carbons (Fsp3) is 0.324. The highest BCUT2D eigenvalue weighted by Gasteiger charge is 2.27. The molecule has 4 aromatic rings. The van der Waals surface area contributed by atoms with Crippen molar-refractivity contribution < 1.29 is 33.4 Å². The van der Waals surface area contributed by atoms with Crippen molar-refractivity contribution in [2.45, 2.75) is 65.6 Å². The Balaban J connectivity index is 1.53. The van der Waals surface area contributed by atoms with Crippen molar-refractivity contribution in [2.75, 3.05) is 19.0 Å². The molecule has 256 valence electrons.